The fourth-order valence-electron chi connectivity index (χ4n) is 3.16. The van der Waals surface area contributed by atoms with Crippen molar-refractivity contribution in [3.63, 3.8) is 0 Å². The zero-order valence-electron chi connectivity index (χ0n) is 15.4. The summed E-state index contributed by atoms with van der Waals surface area (Å²) in [6.07, 6.45) is -0.397. The maximum absolute atomic E-state index is 12.9. The summed E-state index contributed by atoms with van der Waals surface area (Å²) in [5, 5.41) is 3.01. The zero-order valence-corrected chi connectivity index (χ0v) is 16.2. The number of halogens is 3. The third kappa shape index (κ3) is 4.64. The van der Waals surface area contributed by atoms with Crippen molar-refractivity contribution >= 4 is 15.8 Å². The van der Waals surface area contributed by atoms with Gasteiger partial charge in [-0.25, -0.2) is 13.4 Å². The lowest BCUT2D eigenvalue weighted by Gasteiger charge is -2.25. The minimum Gasteiger partial charge on any atom is -0.364 e. The van der Waals surface area contributed by atoms with Gasteiger partial charge in [0, 0.05) is 25.3 Å². The summed E-state index contributed by atoms with van der Waals surface area (Å²) in [4.78, 5) is 4.25. The standard InChI is InChI=1S/C19H22F3N3O2S/c1-14(15-6-5-7-16(12-15)19(20,21)22)24-18-9-8-17(13-23-18)28(26,27)25-10-3-2-4-11-25/h5-9,12-14H,2-4,10-11H2,1H3,(H,23,24). The molecule has 0 saturated carbocycles. The smallest absolute Gasteiger partial charge is 0.364 e. The molecule has 28 heavy (non-hydrogen) atoms. The molecule has 1 aliphatic heterocycles. The number of benzene rings is 1. The molecule has 1 fully saturated rings. The van der Waals surface area contributed by atoms with Crippen molar-refractivity contribution in [3.05, 3.63) is 53.7 Å². The molecule has 1 aliphatic rings. The Hall–Kier alpha value is -2.13. The molecular weight excluding hydrogens is 391 g/mol. The van der Waals surface area contributed by atoms with Crippen LogP contribution in [0.15, 0.2) is 47.5 Å². The highest BCUT2D eigenvalue weighted by Gasteiger charge is 2.31. The molecule has 0 aliphatic carbocycles. The molecule has 1 unspecified atom stereocenters. The summed E-state index contributed by atoms with van der Waals surface area (Å²) in [5.74, 6) is 0.391. The minimum absolute atomic E-state index is 0.117. The Morgan fingerprint density at radius 1 is 1.11 bits per heavy atom. The molecule has 1 atom stereocenters. The van der Waals surface area contributed by atoms with Crippen LogP contribution in [0, 0.1) is 0 Å². The van der Waals surface area contributed by atoms with Crippen LogP contribution in [0.3, 0.4) is 0 Å². The SMILES string of the molecule is CC(Nc1ccc(S(=O)(=O)N2CCCCC2)cn1)c1cccc(C(F)(F)F)c1. The number of anilines is 1. The number of sulfonamides is 1. The van der Waals surface area contributed by atoms with Crippen LogP contribution in [-0.4, -0.2) is 30.8 Å². The number of piperidine rings is 1. The van der Waals surface area contributed by atoms with Gasteiger partial charge >= 0.3 is 6.18 Å². The van der Waals surface area contributed by atoms with Crippen molar-refractivity contribution in [2.75, 3.05) is 18.4 Å². The van der Waals surface area contributed by atoms with Crippen LogP contribution in [0.5, 0.6) is 0 Å². The lowest BCUT2D eigenvalue weighted by atomic mass is 10.0. The summed E-state index contributed by atoms with van der Waals surface area (Å²) >= 11 is 0. The Balaban J connectivity index is 1.72. The van der Waals surface area contributed by atoms with Crippen LogP contribution in [0.25, 0.3) is 0 Å². The van der Waals surface area contributed by atoms with E-state index in [0.717, 1.165) is 31.4 Å². The van der Waals surface area contributed by atoms with Gasteiger partial charge in [-0.1, -0.05) is 18.6 Å². The van der Waals surface area contributed by atoms with E-state index in [-0.39, 0.29) is 4.90 Å². The van der Waals surface area contributed by atoms with Crippen LogP contribution < -0.4 is 5.32 Å². The van der Waals surface area contributed by atoms with Crippen LogP contribution in [0.4, 0.5) is 19.0 Å². The molecule has 152 valence electrons. The number of hydrogen-bond acceptors (Lipinski definition) is 4. The van der Waals surface area contributed by atoms with Crippen molar-refractivity contribution in [2.24, 2.45) is 0 Å². The predicted octanol–water partition coefficient (Wildman–Crippen LogP) is 4.45. The maximum atomic E-state index is 12.9. The molecule has 3 rings (SSSR count). The molecule has 1 aromatic heterocycles. The van der Waals surface area contributed by atoms with Gasteiger partial charge in [-0.2, -0.15) is 17.5 Å². The van der Waals surface area contributed by atoms with Gasteiger partial charge in [-0.3, -0.25) is 0 Å². The van der Waals surface area contributed by atoms with Gasteiger partial charge in [0.1, 0.15) is 10.7 Å². The number of hydrogen-bond donors (Lipinski definition) is 1. The number of nitrogens with one attached hydrogen (secondary N) is 1. The Labute approximate surface area is 162 Å². The monoisotopic (exact) mass is 413 g/mol. The topological polar surface area (TPSA) is 62.3 Å². The van der Waals surface area contributed by atoms with E-state index in [0.29, 0.717) is 24.5 Å². The van der Waals surface area contributed by atoms with Crippen molar-refractivity contribution in [2.45, 2.75) is 43.3 Å². The quantitative estimate of drug-likeness (QED) is 0.787. The summed E-state index contributed by atoms with van der Waals surface area (Å²) < 4.78 is 65.4. The number of aromatic nitrogens is 1. The fraction of sp³-hybridized carbons (Fsp3) is 0.421. The highest BCUT2D eigenvalue weighted by Crippen LogP contribution is 2.31. The van der Waals surface area contributed by atoms with E-state index in [1.165, 1.54) is 28.7 Å². The molecule has 0 amide bonds. The normalized spacial score (nSPS) is 17.3. The summed E-state index contributed by atoms with van der Waals surface area (Å²) in [7, 11) is -3.56. The second kappa shape index (κ2) is 8.08. The van der Waals surface area contributed by atoms with Gasteiger partial charge in [0.25, 0.3) is 0 Å². The van der Waals surface area contributed by atoms with E-state index in [9.17, 15) is 21.6 Å². The molecule has 1 N–H and O–H groups in total. The average Bonchev–Trinajstić information content (AvgIpc) is 2.68. The van der Waals surface area contributed by atoms with Crippen LogP contribution >= 0.6 is 0 Å². The van der Waals surface area contributed by atoms with Crippen molar-refractivity contribution < 1.29 is 21.6 Å². The van der Waals surface area contributed by atoms with Crippen molar-refractivity contribution in [1.29, 1.82) is 0 Å². The van der Waals surface area contributed by atoms with Crippen LogP contribution in [0.1, 0.15) is 43.4 Å². The molecule has 2 aromatic rings. The van der Waals surface area contributed by atoms with E-state index in [1.54, 1.807) is 13.0 Å². The molecule has 1 saturated heterocycles. The van der Waals surface area contributed by atoms with Gasteiger partial charge in [-0.05, 0) is 49.6 Å². The third-order valence-corrected chi connectivity index (χ3v) is 6.65. The Kier molecular flexibility index (Phi) is 5.95. The van der Waals surface area contributed by atoms with Crippen molar-refractivity contribution in [3.8, 4) is 0 Å². The van der Waals surface area contributed by atoms with Gasteiger partial charge in [-0.15, -0.1) is 0 Å². The summed E-state index contributed by atoms with van der Waals surface area (Å²) in [6.45, 7) is 2.74. The summed E-state index contributed by atoms with van der Waals surface area (Å²) in [5.41, 5.74) is -0.253. The molecule has 5 nitrogen and oxygen atoms in total. The summed E-state index contributed by atoms with van der Waals surface area (Å²) in [6, 6.07) is 7.64. The first-order valence-corrected chi connectivity index (χ1v) is 10.5. The fourth-order valence-corrected chi connectivity index (χ4v) is 4.63. The first-order valence-electron chi connectivity index (χ1n) is 9.08. The van der Waals surface area contributed by atoms with Crippen molar-refractivity contribution in [1.82, 2.24) is 9.29 Å². The molecule has 9 heteroatoms. The number of pyridine rings is 1. The van der Waals surface area contributed by atoms with E-state index >= 15 is 0 Å². The highest BCUT2D eigenvalue weighted by molar-refractivity contribution is 7.89. The van der Waals surface area contributed by atoms with E-state index in [4.69, 9.17) is 0 Å². The zero-order chi connectivity index (χ0) is 20.4. The molecule has 1 aromatic carbocycles. The second-order valence-corrected chi connectivity index (χ2v) is 8.77. The lowest BCUT2D eigenvalue weighted by molar-refractivity contribution is -0.137. The van der Waals surface area contributed by atoms with E-state index in [2.05, 4.69) is 10.3 Å². The Morgan fingerprint density at radius 2 is 1.82 bits per heavy atom. The van der Waals surface area contributed by atoms with Gasteiger partial charge in [0.05, 0.1) is 5.56 Å². The van der Waals surface area contributed by atoms with Crippen LogP contribution in [-0.2, 0) is 16.2 Å². The molecule has 0 spiro atoms. The molecular formula is C19H22F3N3O2S. The third-order valence-electron chi connectivity index (χ3n) is 4.77. The van der Waals surface area contributed by atoms with E-state index < -0.39 is 27.8 Å². The first-order chi connectivity index (χ1) is 13.2. The number of alkyl halides is 3. The lowest BCUT2D eigenvalue weighted by Crippen LogP contribution is -2.35. The Morgan fingerprint density at radius 3 is 2.43 bits per heavy atom. The number of nitrogens with zero attached hydrogens (tertiary/aromatic N) is 2. The number of rotatable bonds is 5. The van der Waals surface area contributed by atoms with Crippen LogP contribution in [0.2, 0.25) is 0 Å². The maximum Gasteiger partial charge on any atom is 0.416 e. The minimum atomic E-state index is -4.40. The van der Waals surface area contributed by atoms with Gasteiger partial charge < -0.3 is 5.32 Å². The average molecular weight is 413 g/mol. The molecule has 2 heterocycles. The Bertz CT molecular complexity index is 909. The molecule has 0 bridgehead atoms. The van der Waals surface area contributed by atoms with E-state index in [1.807, 2.05) is 0 Å². The first kappa shape index (κ1) is 20.6. The van der Waals surface area contributed by atoms with Gasteiger partial charge in [0.2, 0.25) is 10.0 Å². The largest absolute Gasteiger partial charge is 0.416 e. The predicted molar refractivity (Wildman–Crippen MR) is 100 cm³/mol. The highest BCUT2D eigenvalue weighted by atomic mass is 32.2. The molecule has 0 radical (unpaired) electrons. The second-order valence-electron chi connectivity index (χ2n) is 6.83. The van der Waals surface area contributed by atoms with Gasteiger partial charge in [0.15, 0.2) is 0 Å².